The highest BCUT2D eigenvalue weighted by Crippen LogP contribution is 2.40. The van der Waals surface area contributed by atoms with Crippen molar-refractivity contribution in [2.75, 3.05) is 6.54 Å². The predicted molar refractivity (Wildman–Crippen MR) is 163 cm³/mol. The molecule has 2 rings (SSSR count). The number of amides is 3. The van der Waals surface area contributed by atoms with Crippen LogP contribution in [0.25, 0.3) is 0 Å². The molecule has 2 aliphatic heterocycles. The molecule has 0 spiro atoms. The zero-order valence-electron chi connectivity index (χ0n) is 28.2. The maximum absolute atomic E-state index is 13.3. The van der Waals surface area contributed by atoms with Crippen molar-refractivity contribution in [3.8, 4) is 0 Å². The molecule has 3 atom stereocenters. The number of hydrogen-bond donors (Lipinski definition) is 3. The van der Waals surface area contributed by atoms with Gasteiger partial charge in [-0.25, -0.2) is 14.4 Å². The second kappa shape index (κ2) is 13.2. The van der Waals surface area contributed by atoms with Gasteiger partial charge in [-0.05, 0) is 87.9 Å². The lowest BCUT2D eigenvalue weighted by Crippen LogP contribution is -2.54. The Balaban J connectivity index is 2.20. The second-order valence-electron chi connectivity index (χ2n) is 15.1. The van der Waals surface area contributed by atoms with Gasteiger partial charge < -0.3 is 34.5 Å². The Labute approximate surface area is 257 Å². The van der Waals surface area contributed by atoms with E-state index >= 15 is 0 Å². The molecule has 0 aromatic carbocycles. The van der Waals surface area contributed by atoms with Crippen molar-refractivity contribution >= 4 is 31.2 Å². The van der Waals surface area contributed by atoms with E-state index < -0.39 is 71.2 Å². The number of hydrogen-bond acceptors (Lipinski definition) is 8. The second-order valence-corrected chi connectivity index (χ2v) is 15.1. The number of unbranched alkanes of at least 4 members (excludes halogenated alkanes) is 1. The Morgan fingerprint density at radius 3 is 1.95 bits per heavy atom. The van der Waals surface area contributed by atoms with Crippen LogP contribution in [0.2, 0.25) is 6.32 Å². The molecule has 246 valence electrons. The van der Waals surface area contributed by atoms with Gasteiger partial charge in [0.2, 0.25) is 5.91 Å². The molecule has 12 nitrogen and oxygen atoms in total. The number of nitrogens with one attached hydrogen (secondary N) is 2. The third kappa shape index (κ3) is 9.73. The zero-order chi connectivity index (χ0) is 33.2. The molecule has 0 radical (unpaired) electrons. The Hall–Kier alpha value is -2.54. The fourth-order valence-corrected chi connectivity index (χ4v) is 5.26. The van der Waals surface area contributed by atoms with Crippen LogP contribution in [0, 0.1) is 5.92 Å². The number of nitrogens with zero attached hydrogens (tertiary/aromatic N) is 1. The molecule has 2 saturated heterocycles. The SMILES string of the molecule is CC(C)C(NC(=O)OC(C)(C)C)C(=O)N[C@H]1CN(C(=O)OC(C)(C)C)[C@@](CCCCB2OC(C)(C)C(C)(C)O2)(C(=O)O)C1. The molecule has 0 aromatic rings. The smallest absolute Gasteiger partial charge is 0.457 e. The normalized spacial score (nSPS) is 24.1. The van der Waals surface area contributed by atoms with E-state index in [1.54, 1.807) is 55.4 Å². The summed E-state index contributed by atoms with van der Waals surface area (Å²) in [6.45, 7) is 21.7. The first kappa shape index (κ1) is 36.7. The van der Waals surface area contributed by atoms with Crippen LogP contribution in [-0.2, 0) is 28.4 Å². The van der Waals surface area contributed by atoms with E-state index in [1.807, 2.05) is 27.7 Å². The highest BCUT2D eigenvalue weighted by molar-refractivity contribution is 6.45. The largest absolute Gasteiger partial charge is 0.479 e. The fraction of sp³-hybridized carbons (Fsp3) is 0.867. The van der Waals surface area contributed by atoms with Gasteiger partial charge >= 0.3 is 25.3 Å². The number of carbonyl (C=O) groups excluding carboxylic acids is 3. The van der Waals surface area contributed by atoms with Crippen molar-refractivity contribution in [3.63, 3.8) is 0 Å². The average molecular weight is 612 g/mol. The van der Waals surface area contributed by atoms with E-state index in [0.29, 0.717) is 19.2 Å². The van der Waals surface area contributed by atoms with Crippen LogP contribution in [0.3, 0.4) is 0 Å². The number of rotatable bonds is 10. The lowest BCUT2D eigenvalue weighted by molar-refractivity contribution is -0.150. The van der Waals surface area contributed by atoms with Gasteiger partial charge in [0.05, 0.1) is 11.2 Å². The van der Waals surface area contributed by atoms with Crippen LogP contribution in [0.5, 0.6) is 0 Å². The van der Waals surface area contributed by atoms with Crippen molar-refractivity contribution in [1.82, 2.24) is 15.5 Å². The van der Waals surface area contributed by atoms with Gasteiger partial charge in [0.25, 0.3) is 0 Å². The molecule has 2 fully saturated rings. The maximum atomic E-state index is 13.3. The van der Waals surface area contributed by atoms with E-state index in [1.165, 1.54) is 4.90 Å². The summed E-state index contributed by atoms with van der Waals surface area (Å²) in [5.41, 5.74) is -4.11. The summed E-state index contributed by atoms with van der Waals surface area (Å²) in [6.07, 6.45) is 0.306. The molecule has 2 aliphatic rings. The summed E-state index contributed by atoms with van der Waals surface area (Å²) < 4.78 is 23.1. The van der Waals surface area contributed by atoms with Gasteiger partial charge in [-0.2, -0.15) is 0 Å². The Morgan fingerprint density at radius 2 is 1.49 bits per heavy atom. The summed E-state index contributed by atoms with van der Waals surface area (Å²) in [5.74, 6) is -1.94. The number of aliphatic carboxylic acids is 1. The van der Waals surface area contributed by atoms with E-state index in [-0.39, 0.29) is 25.3 Å². The van der Waals surface area contributed by atoms with Crippen molar-refractivity contribution in [1.29, 1.82) is 0 Å². The number of likely N-dealkylation sites (tertiary alicyclic amines) is 1. The van der Waals surface area contributed by atoms with E-state index in [9.17, 15) is 24.3 Å². The summed E-state index contributed by atoms with van der Waals surface area (Å²) in [6, 6.07) is -1.61. The minimum absolute atomic E-state index is 0.0128. The van der Waals surface area contributed by atoms with Crippen LogP contribution >= 0.6 is 0 Å². The number of carboxylic acid groups (broad SMARTS) is 1. The standard InChI is InChI=1S/C30H54BN3O9/c1-19(2)21(33-24(38)40-26(3,4)5)22(35)32-20-17-30(23(36)37,34(18-20)25(39)41-27(6,7)8)15-13-14-16-31-42-28(9,10)29(11,12)43-31/h19-21H,13-18H2,1-12H3,(H,32,35)(H,33,38)(H,36,37)/t20-,21?,30-/m1/s1. The molecular formula is C30H54BN3O9. The minimum atomic E-state index is -1.60. The van der Waals surface area contributed by atoms with Gasteiger partial charge in [0.15, 0.2) is 0 Å². The lowest BCUT2D eigenvalue weighted by Gasteiger charge is -2.35. The van der Waals surface area contributed by atoms with E-state index in [4.69, 9.17) is 18.8 Å². The van der Waals surface area contributed by atoms with Crippen LogP contribution in [0.1, 0.15) is 109 Å². The quantitative estimate of drug-likeness (QED) is 0.235. The van der Waals surface area contributed by atoms with Crippen molar-refractivity contribution < 1.29 is 43.1 Å². The zero-order valence-corrected chi connectivity index (χ0v) is 28.2. The monoisotopic (exact) mass is 611 g/mol. The Morgan fingerprint density at radius 1 is 0.953 bits per heavy atom. The molecule has 13 heteroatoms. The molecule has 3 N–H and O–H groups in total. The van der Waals surface area contributed by atoms with E-state index in [2.05, 4.69) is 10.6 Å². The molecular weight excluding hydrogens is 557 g/mol. The van der Waals surface area contributed by atoms with Crippen LogP contribution < -0.4 is 10.6 Å². The summed E-state index contributed by atoms with van der Waals surface area (Å²) in [7, 11) is -0.409. The predicted octanol–water partition coefficient (Wildman–Crippen LogP) is 4.75. The van der Waals surface area contributed by atoms with Crippen LogP contribution in [0.4, 0.5) is 9.59 Å². The van der Waals surface area contributed by atoms with Crippen LogP contribution in [-0.4, -0.2) is 87.8 Å². The fourth-order valence-electron chi connectivity index (χ4n) is 5.26. The first-order valence-corrected chi connectivity index (χ1v) is 15.3. The number of carbonyl (C=O) groups is 4. The topological polar surface area (TPSA) is 153 Å². The highest BCUT2D eigenvalue weighted by atomic mass is 16.7. The summed E-state index contributed by atoms with van der Waals surface area (Å²) in [4.78, 5) is 53.2. The maximum Gasteiger partial charge on any atom is 0.457 e. The van der Waals surface area contributed by atoms with Gasteiger partial charge in [-0.1, -0.05) is 26.7 Å². The molecule has 0 aliphatic carbocycles. The summed E-state index contributed by atoms with van der Waals surface area (Å²) >= 11 is 0. The summed E-state index contributed by atoms with van der Waals surface area (Å²) in [5, 5.41) is 16.0. The molecule has 2 heterocycles. The van der Waals surface area contributed by atoms with Crippen molar-refractivity contribution in [2.45, 2.75) is 155 Å². The van der Waals surface area contributed by atoms with Gasteiger partial charge in [0, 0.05) is 19.0 Å². The molecule has 43 heavy (non-hydrogen) atoms. The number of ether oxygens (including phenoxy) is 2. The molecule has 0 bridgehead atoms. The Bertz CT molecular complexity index is 1020. The highest BCUT2D eigenvalue weighted by Gasteiger charge is 2.55. The third-order valence-electron chi connectivity index (χ3n) is 8.07. The van der Waals surface area contributed by atoms with Gasteiger partial charge in [-0.3, -0.25) is 9.69 Å². The first-order valence-electron chi connectivity index (χ1n) is 15.3. The third-order valence-corrected chi connectivity index (χ3v) is 8.07. The average Bonchev–Trinajstić information content (AvgIpc) is 3.26. The van der Waals surface area contributed by atoms with Crippen molar-refractivity contribution in [2.24, 2.45) is 5.92 Å². The number of carboxylic acids is 1. The van der Waals surface area contributed by atoms with Crippen molar-refractivity contribution in [3.05, 3.63) is 0 Å². The van der Waals surface area contributed by atoms with Gasteiger partial charge in [-0.15, -0.1) is 0 Å². The molecule has 0 saturated carbocycles. The molecule has 3 amide bonds. The van der Waals surface area contributed by atoms with E-state index in [0.717, 1.165) is 0 Å². The first-order chi connectivity index (χ1) is 19.4. The molecule has 0 aromatic heterocycles. The van der Waals surface area contributed by atoms with Gasteiger partial charge in [0.1, 0.15) is 22.8 Å². The minimum Gasteiger partial charge on any atom is -0.479 e. The number of alkyl carbamates (subject to hydrolysis) is 1. The Kier molecular flexibility index (Phi) is 11.3. The van der Waals surface area contributed by atoms with Crippen LogP contribution in [0.15, 0.2) is 0 Å². The lowest BCUT2D eigenvalue weighted by atomic mass is 9.80. The molecule has 1 unspecified atom stereocenters.